The van der Waals surface area contributed by atoms with Crippen LogP contribution in [0.2, 0.25) is 0 Å². The molecule has 1 fully saturated rings. The van der Waals surface area contributed by atoms with E-state index in [2.05, 4.69) is 22.1 Å². The molecule has 1 amide bonds. The van der Waals surface area contributed by atoms with Gasteiger partial charge in [-0.2, -0.15) is 4.98 Å². The molecule has 4 rings (SSSR count). The van der Waals surface area contributed by atoms with Gasteiger partial charge < -0.3 is 9.32 Å². The first kappa shape index (κ1) is 20.1. The first-order valence-corrected chi connectivity index (χ1v) is 10.3. The highest BCUT2D eigenvalue weighted by Gasteiger charge is 2.28. The molecule has 1 aliphatic heterocycles. The Balaban J connectivity index is 1.42. The lowest BCUT2D eigenvalue weighted by atomic mass is 9.98. The number of nitrogens with zero attached hydrogens (tertiary/aromatic N) is 4. The molecule has 156 valence electrons. The average Bonchev–Trinajstić information content (AvgIpc) is 3.20. The fourth-order valence-electron chi connectivity index (χ4n) is 4.00. The number of carbonyl (C=O) groups is 1. The standard InChI is InChI=1S/C23H26N4O3/c1-16-11-17(2)27(23(29)25-16)15-21(28)26-10-6-9-19(14-26)22-24-13-20(30-22)12-18-7-4-3-5-8-18/h3-5,7-8,11,13,19H,6,9-10,12,14-15H2,1-2H3/t19-/m0/s1. The Morgan fingerprint density at radius 1 is 1.23 bits per heavy atom. The summed E-state index contributed by atoms with van der Waals surface area (Å²) in [6.07, 6.45) is 4.29. The van der Waals surface area contributed by atoms with Crippen LogP contribution in [0, 0.1) is 13.8 Å². The van der Waals surface area contributed by atoms with Crippen LogP contribution in [0.5, 0.6) is 0 Å². The minimum atomic E-state index is -0.382. The highest BCUT2D eigenvalue weighted by atomic mass is 16.4. The predicted octanol–water partition coefficient (Wildman–Crippen LogP) is 2.85. The summed E-state index contributed by atoms with van der Waals surface area (Å²) in [5.41, 5.74) is 2.20. The van der Waals surface area contributed by atoms with Crippen molar-refractivity contribution in [3.05, 3.63) is 81.7 Å². The van der Waals surface area contributed by atoms with Gasteiger partial charge in [-0.05, 0) is 38.3 Å². The van der Waals surface area contributed by atoms with Crippen molar-refractivity contribution in [2.24, 2.45) is 0 Å². The van der Waals surface area contributed by atoms with Crippen LogP contribution in [0.15, 0.2) is 51.8 Å². The van der Waals surface area contributed by atoms with Crippen molar-refractivity contribution in [3.63, 3.8) is 0 Å². The summed E-state index contributed by atoms with van der Waals surface area (Å²) in [6.45, 7) is 4.84. The van der Waals surface area contributed by atoms with Crippen LogP contribution in [0.4, 0.5) is 0 Å². The van der Waals surface area contributed by atoms with E-state index >= 15 is 0 Å². The van der Waals surface area contributed by atoms with Crippen molar-refractivity contribution in [1.29, 1.82) is 0 Å². The van der Waals surface area contributed by atoms with E-state index in [1.54, 1.807) is 18.0 Å². The zero-order valence-corrected chi connectivity index (χ0v) is 17.4. The molecule has 7 nitrogen and oxygen atoms in total. The van der Waals surface area contributed by atoms with E-state index in [0.717, 1.165) is 24.3 Å². The van der Waals surface area contributed by atoms with Gasteiger partial charge in [0.15, 0.2) is 5.89 Å². The lowest BCUT2D eigenvalue weighted by Gasteiger charge is -2.31. The Bertz CT molecular complexity index is 1090. The molecule has 0 radical (unpaired) electrons. The van der Waals surface area contributed by atoms with E-state index < -0.39 is 0 Å². The van der Waals surface area contributed by atoms with Crippen LogP contribution < -0.4 is 5.69 Å². The monoisotopic (exact) mass is 406 g/mol. The first-order chi connectivity index (χ1) is 14.5. The Hall–Kier alpha value is -3.22. The first-order valence-electron chi connectivity index (χ1n) is 10.3. The Morgan fingerprint density at radius 2 is 2.03 bits per heavy atom. The third kappa shape index (κ3) is 4.50. The van der Waals surface area contributed by atoms with Gasteiger partial charge in [0.2, 0.25) is 5.91 Å². The van der Waals surface area contributed by atoms with Crippen LogP contribution in [-0.4, -0.2) is 38.4 Å². The second kappa shape index (κ2) is 8.65. The minimum Gasteiger partial charge on any atom is -0.445 e. The SMILES string of the molecule is Cc1cc(C)n(CC(=O)N2CCC[C@H](c3ncc(Cc4ccccc4)o3)C2)c(=O)n1. The average molecular weight is 406 g/mol. The molecule has 2 aromatic heterocycles. The second-order valence-electron chi connectivity index (χ2n) is 7.91. The summed E-state index contributed by atoms with van der Waals surface area (Å²) in [5, 5.41) is 0. The molecule has 0 saturated carbocycles. The minimum absolute atomic E-state index is 0.00943. The summed E-state index contributed by atoms with van der Waals surface area (Å²) in [6, 6.07) is 11.9. The molecule has 0 spiro atoms. The fraction of sp³-hybridized carbons (Fsp3) is 0.391. The topological polar surface area (TPSA) is 81.2 Å². The molecule has 3 aromatic rings. The molecule has 0 N–H and O–H groups in total. The van der Waals surface area contributed by atoms with Gasteiger partial charge in [-0.1, -0.05) is 30.3 Å². The highest BCUT2D eigenvalue weighted by molar-refractivity contribution is 5.76. The number of carbonyl (C=O) groups excluding carboxylic acids is 1. The summed E-state index contributed by atoms with van der Waals surface area (Å²) >= 11 is 0. The summed E-state index contributed by atoms with van der Waals surface area (Å²) in [5.74, 6) is 1.50. The Kier molecular flexibility index (Phi) is 5.79. The van der Waals surface area contributed by atoms with Gasteiger partial charge in [-0.25, -0.2) is 9.78 Å². The molecule has 30 heavy (non-hydrogen) atoms. The van der Waals surface area contributed by atoms with Crippen molar-refractivity contribution in [2.45, 2.75) is 45.6 Å². The van der Waals surface area contributed by atoms with Gasteiger partial charge in [0.05, 0.1) is 12.1 Å². The van der Waals surface area contributed by atoms with Crippen molar-refractivity contribution >= 4 is 5.91 Å². The highest BCUT2D eigenvalue weighted by Crippen LogP contribution is 2.27. The maximum absolute atomic E-state index is 12.9. The molecule has 1 aromatic carbocycles. The van der Waals surface area contributed by atoms with E-state index in [9.17, 15) is 9.59 Å². The van der Waals surface area contributed by atoms with Gasteiger partial charge >= 0.3 is 5.69 Å². The van der Waals surface area contributed by atoms with Crippen LogP contribution >= 0.6 is 0 Å². The quantitative estimate of drug-likeness (QED) is 0.651. The lowest BCUT2D eigenvalue weighted by molar-refractivity contribution is -0.133. The molecule has 1 aliphatic rings. The number of hydrogen-bond donors (Lipinski definition) is 0. The zero-order valence-electron chi connectivity index (χ0n) is 17.4. The normalized spacial score (nSPS) is 16.6. The van der Waals surface area contributed by atoms with Gasteiger partial charge in [-0.3, -0.25) is 9.36 Å². The number of oxazole rings is 1. The summed E-state index contributed by atoms with van der Waals surface area (Å²) in [7, 11) is 0. The summed E-state index contributed by atoms with van der Waals surface area (Å²) in [4.78, 5) is 35.3. The molecule has 0 unspecified atom stereocenters. The molecule has 1 atom stereocenters. The van der Waals surface area contributed by atoms with Gasteiger partial charge in [0.1, 0.15) is 12.3 Å². The van der Waals surface area contributed by atoms with Crippen LogP contribution in [0.25, 0.3) is 0 Å². The van der Waals surface area contributed by atoms with Gasteiger partial charge in [-0.15, -0.1) is 0 Å². The third-order valence-electron chi connectivity index (χ3n) is 5.56. The molecule has 1 saturated heterocycles. The maximum atomic E-state index is 12.9. The molecule has 0 aliphatic carbocycles. The number of amides is 1. The molecular weight excluding hydrogens is 380 g/mol. The number of aryl methyl sites for hydroxylation is 2. The molecular formula is C23H26N4O3. The molecule has 7 heteroatoms. The Morgan fingerprint density at radius 3 is 2.80 bits per heavy atom. The lowest BCUT2D eigenvalue weighted by Crippen LogP contribution is -2.42. The van der Waals surface area contributed by atoms with E-state index in [1.165, 1.54) is 10.1 Å². The number of rotatable bonds is 5. The molecule has 0 bridgehead atoms. The predicted molar refractivity (Wildman–Crippen MR) is 112 cm³/mol. The van der Waals surface area contributed by atoms with Gasteiger partial charge in [0, 0.05) is 30.9 Å². The van der Waals surface area contributed by atoms with E-state index in [1.807, 2.05) is 31.2 Å². The Labute approximate surface area is 175 Å². The number of piperidine rings is 1. The number of hydrogen-bond acceptors (Lipinski definition) is 5. The van der Waals surface area contributed by atoms with E-state index in [0.29, 0.717) is 31.1 Å². The van der Waals surface area contributed by atoms with E-state index in [-0.39, 0.29) is 24.1 Å². The van der Waals surface area contributed by atoms with Crippen LogP contribution in [0.3, 0.4) is 0 Å². The summed E-state index contributed by atoms with van der Waals surface area (Å²) < 4.78 is 7.44. The fourth-order valence-corrected chi connectivity index (χ4v) is 4.00. The third-order valence-corrected chi connectivity index (χ3v) is 5.56. The van der Waals surface area contributed by atoms with E-state index in [4.69, 9.17) is 4.42 Å². The second-order valence-corrected chi connectivity index (χ2v) is 7.91. The maximum Gasteiger partial charge on any atom is 0.348 e. The smallest absolute Gasteiger partial charge is 0.348 e. The van der Waals surface area contributed by atoms with Crippen molar-refractivity contribution in [2.75, 3.05) is 13.1 Å². The van der Waals surface area contributed by atoms with Crippen molar-refractivity contribution in [1.82, 2.24) is 19.4 Å². The van der Waals surface area contributed by atoms with Crippen LogP contribution in [0.1, 0.15) is 47.4 Å². The van der Waals surface area contributed by atoms with Crippen LogP contribution in [-0.2, 0) is 17.8 Å². The largest absolute Gasteiger partial charge is 0.445 e. The number of aromatic nitrogens is 3. The number of likely N-dealkylation sites (tertiary alicyclic amines) is 1. The van der Waals surface area contributed by atoms with Crippen molar-refractivity contribution < 1.29 is 9.21 Å². The van der Waals surface area contributed by atoms with Crippen molar-refractivity contribution in [3.8, 4) is 0 Å². The zero-order chi connectivity index (χ0) is 21.1. The van der Waals surface area contributed by atoms with Gasteiger partial charge in [0.25, 0.3) is 0 Å². The molecule has 3 heterocycles. The number of benzene rings is 1.